The largest absolute Gasteiger partial charge is 0.394 e. The van der Waals surface area contributed by atoms with Crippen molar-refractivity contribution in [1.29, 1.82) is 0 Å². The molecule has 0 spiro atoms. The van der Waals surface area contributed by atoms with E-state index in [2.05, 4.69) is 6.92 Å². The highest BCUT2D eigenvalue weighted by atomic mass is 16.3. The van der Waals surface area contributed by atoms with Crippen molar-refractivity contribution in [2.24, 2.45) is 11.7 Å². The van der Waals surface area contributed by atoms with Gasteiger partial charge in [0.25, 0.3) is 0 Å². The van der Waals surface area contributed by atoms with Gasteiger partial charge in [-0.15, -0.1) is 0 Å². The monoisotopic (exact) mass is 259 g/mol. The van der Waals surface area contributed by atoms with Crippen LogP contribution >= 0.6 is 0 Å². The zero-order valence-corrected chi connectivity index (χ0v) is 12.5. The third kappa shape index (κ3) is 8.90. The number of aliphatic hydroxyl groups is 2. The lowest BCUT2D eigenvalue weighted by atomic mass is 9.80. The van der Waals surface area contributed by atoms with E-state index in [1.165, 1.54) is 38.5 Å². The van der Waals surface area contributed by atoms with Gasteiger partial charge in [-0.05, 0) is 32.6 Å². The Balaban J connectivity index is 3.88. The molecule has 0 radical (unpaired) electrons. The molecule has 0 aromatic rings. The molecule has 0 saturated heterocycles. The van der Waals surface area contributed by atoms with E-state index in [1.807, 2.05) is 13.8 Å². The lowest BCUT2D eigenvalue weighted by Gasteiger charge is -2.32. The standard InChI is InChI=1S/C15H33NO2/c1-4-5-6-7-8-9-10-13(15(2,3)16)11-14(18)12-17/h13-14,17-18H,4-12,16H2,1-3H3. The van der Waals surface area contributed by atoms with Crippen LogP contribution in [0.5, 0.6) is 0 Å². The molecule has 0 saturated carbocycles. The van der Waals surface area contributed by atoms with Crippen LogP contribution in [0.25, 0.3) is 0 Å². The van der Waals surface area contributed by atoms with Crippen molar-refractivity contribution in [1.82, 2.24) is 0 Å². The summed E-state index contributed by atoms with van der Waals surface area (Å²) in [4.78, 5) is 0. The summed E-state index contributed by atoms with van der Waals surface area (Å²) >= 11 is 0. The summed E-state index contributed by atoms with van der Waals surface area (Å²) in [5.74, 6) is 0.283. The fraction of sp³-hybridized carbons (Fsp3) is 1.00. The third-order valence-corrected chi connectivity index (χ3v) is 3.73. The van der Waals surface area contributed by atoms with Gasteiger partial charge in [0.15, 0.2) is 0 Å². The van der Waals surface area contributed by atoms with Crippen LogP contribution in [0.1, 0.15) is 72.1 Å². The molecule has 0 fully saturated rings. The Hall–Kier alpha value is -0.120. The Kier molecular flexibility index (Phi) is 9.70. The van der Waals surface area contributed by atoms with Crippen LogP contribution in [0.4, 0.5) is 0 Å². The maximum Gasteiger partial charge on any atom is 0.0774 e. The number of rotatable bonds is 11. The molecule has 3 heteroatoms. The highest BCUT2D eigenvalue weighted by Crippen LogP contribution is 2.25. The minimum Gasteiger partial charge on any atom is -0.394 e. The van der Waals surface area contributed by atoms with E-state index >= 15 is 0 Å². The van der Waals surface area contributed by atoms with Gasteiger partial charge in [-0.25, -0.2) is 0 Å². The van der Waals surface area contributed by atoms with E-state index in [1.54, 1.807) is 0 Å². The molecular formula is C15H33NO2. The zero-order valence-electron chi connectivity index (χ0n) is 12.5. The predicted molar refractivity (Wildman–Crippen MR) is 77.5 cm³/mol. The van der Waals surface area contributed by atoms with E-state index in [9.17, 15) is 5.11 Å². The number of unbranched alkanes of at least 4 members (excludes halogenated alkanes) is 5. The molecule has 3 nitrogen and oxygen atoms in total. The Morgan fingerprint density at radius 3 is 2.11 bits per heavy atom. The molecule has 4 N–H and O–H groups in total. The summed E-state index contributed by atoms with van der Waals surface area (Å²) in [6, 6.07) is 0. The van der Waals surface area contributed by atoms with Gasteiger partial charge in [-0.2, -0.15) is 0 Å². The lowest BCUT2D eigenvalue weighted by Crippen LogP contribution is -2.42. The van der Waals surface area contributed by atoms with E-state index in [4.69, 9.17) is 10.8 Å². The molecule has 0 bridgehead atoms. The van der Waals surface area contributed by atoms with Crippen molar-refractivity contribution in [3.05, 3.63) is 0 Å². The maximum atomic E-state index is 9.56. The van der Waals surface area contributed by atoms with Crippen molar-refractivity contribution in [2.45, 2.75) is 83.8 Å². The summed E-state index contributed by atoms with van der Waals surface area (Å²) in [5, 5.41) is 18.5. The molecule has 18 heavy (non-hydrogen) atoms. The van der Waals surface area contributed by atoms with Crippen LogP contribution in [0.2, 0.25) is 0 Å². The normalized spacial score (nSPS) is 15.7. The fourth-order valence-corrected chi connectivity index (χ4v) is 2.37. The SMILES string of the molecule is CCCCCCCCC(CC(O)CO)C(C)(C)N. The molecule has 2 unspecified atom stereocenters. The number of hydrogen-bond acceptors (Lipinski definition) is 3. The lowest BCUT2D eigenvalue weighted by molar-refractivity contribution is 0.0606. The smallest absolute Gasteiger partial charge is 0.0774 e. The molecule has 0 aliphatic rings. The van der Waals surface area contributed by atoms with Gasteiger partial charge in [-0.3, -0.25) is 0 Å². The van der Waals surface area contributed by atoms with Crippen molar-refractivity contribution in [3.8, 4) is 0 Å². The molecule has 110 valence electrons. The second kappa shape index (κ2) is 9.76. The number of nitrogens with two attached hydrogens (primary N) is 1. The first-order chi connectivity index (χ1) is 8.41. The van der Waals surface area contributed by atoms with Crippen molar-refractivity contribution < 1.29 is 10.2 Å². The first kappa shape index (κ1) is 17.9. The second-order valence-corrected chi connectivity index (χ2v) is 6.15. The highest BCUT2D eigenvalue weighted by molar-refractivity contribution is 4.83. The number of aliphatic hydroxyl groups excluding tert-OH is 2. The Bertz CT molecular complexity index is 189. The first-order valence-corrected chi connectivity index (χ1v) is 7.49. The maximum absolute atomic E-state index is 9.56. The molecular weight excluding hydrogens is 226 g/mol. The van der Waals surface area contributed by atoms with Gasteiger partial charge in [-0.1, -0.05) is 45.4 Å². The Morgan fingerprint density at radius 1 is 1.06 bits per heavy atom. The molecule has 0 rings (SSSR count). The van der Waals surface area contributed by atoms with Crippen LogP contribution in [0, 0.1) is 5.92 Å². The van der Waals surface area contributed by atoms with Gasteiger partial charge < -0.3 is 15.9 Å². The summed E-state index contributed by atoms with van der Waals surface area (Å²) in [5.41, 5.74) is 5.87. The molecule has 0 aliphatic carbocycles. The van der Waals surface area contributed by atoms with Gasteiger partial charge >= 0.3 is 0 Å². The van der Waals surface area contributed by atoms with E-state index in [0.29, 0.717) is 6.42 Å². The van der Waals surface area contributed by atoms with Gasteiger partial charge in [0, 0.05) is 5.54 Å². The van der Waals surface area contributed by atoms with Crippen molar-refractivity contribution in [2.75, 3.05) is 6.61 Å². The van der Waals surface area contributed by atoms with Crippen LogP contribution in [0.3, 0.4) is 0 Å². The molecule has 0 amide bonds. The van der Waals surface area contributed by atoms with Crippen LogP contribution in [-0.4, -0.2) is 28.5 Å². The van der Waals surface area contributed by atoms with Crippen LogP contribution < -0.4 is 5.73 Å². The van der Waals surface area contributed by atoms with E-state index in [-0.39, 0.29) is 18.1 Å². The number of hydrogen-bond donors (Lipinski definition) is 3. The Morgan fingerprint density at radius 2 is 1.61 bits per heavy atom. The first-order valence-electron chi connectivity index (χ1n) is 7.49. The summed E-state index contributed by atoms with van der Waals surface area (Å²) in [6.07, 6.45) is 8.69. The minimum atomic E-state index is -0.627. The fourth-order valence-electron chi connectivity index (χ4n) is 2.37. The van der Waals surface area contributed by atoms with Gasteiger partial charge in [0.05, 0.1) is 12.7 Å². The van der Waals surface area contributed by atoms with E-state index in [0.717, 1.165) is 6.42 Å². The van der Waals surface area contributed by atoms with Crippen LogP contribution in [0.15, 0.2) is 0 Å². The van der Waals surface area contributed by atoms with Gasteiger partial charge in [0.2, 0.25) is 0 Å². The summed E-state index contributed by atoms with van der Waals surface area (Å²) < 4.78 is 0. The molecule has 0 aliphatic heterocycles. The minimum absolute atomic E-state index is 0.164. The second-order valence-electron chi connectivity index (χ2n) is 6.15. The van der Waals surface area contributed by atoms with Crippen LogP contribution in [-0.2, 0) is 0 Å². The summed E-state index contributed by atoms with van der Waals surface area (Å²) in [6.45, 7) is 6.09. The quantitative estimate of drug-likeness (QED) is 0.500. The van der Waals surface area contributed by atoms with E-state index < -0.39 is 6.10 Å². The molecule has 0 heterocycles. The Labute approximate surface area is 113 Å². The van der Waals surface area contributed by atoms with Gasteiger partial charge in [0.1, 0.15) is 0 Å². The molecule has 0 aromatic heterocycles. The average Bonchev–Trinajstić information content (AvgIpc) is 2.30. The topological polar surface area (TPSA) is 66.5 Å². The zero-order chi connectivity index (χ0) is 14.0. The highest BCUT2D eigenvalue weighted by Gasteiger charge is 2.26. The van der Waals surface area contributed by atoms with Crippen molar-refractivity contribution in [3.63, 3.8) is 0 Å². The average molecular weight is 259 g/mol. The van der Waals surface area contributed by atoms with Crippen molar-refractivity contribution >= 4 is 0 Å². The predicted octanol–water partition coefficient (Wildman–Crippen LogP) is 2.83. The molecule has 0 aromatic carbocycles. The summed E-state index contributed by atoms with van der Waals surface area (Å²) in [7, 11) is 0. The third-order valence-electron chi connectivity index (χ3n) is 3.73. The molecule has 2 atom stereocenters.